The van der Waals surface area contributed by atoms with Crippen LogP contribution in [0.4, 0.5) is 15.9 Å². The van der Waals surface area contributed by atoms with Gasteiger partial charge in [-0.25, -0.2) is 9.37 Å². The number of nitrogens with two attached hydrogens (primary N) is 1. The smallest absolute Gasteiger partial charge is 0.123 e. The van der Waals surface area contributed by atoms with E-state index in [4.69, 9.17) is 5.73 Å². The maximum absolute atomic E-state index is 12.9. The Labute approximate surface area is 82.7 Å². The number of rotatable bonds is 1. The molecule has 0 aliphatic carbocycles. The molecule has 0 unspecified atom stereocenters. The van der Waals surface area contributed by atoms with Gasteiger partial charge in [0.2, 0.25) is 0 Å². The van der Waals surface area contributed by atoms with Gasteiger partial charge in [0.1, 0.15) is 12.0 Å². The lowest BCUT2D eigenvalue weighted by atomic mass is 10.1. The summed E-state index contributed by atoms with van der Waals surface area (Å²) in [6.07, 6.45) is 2.34. The molecule has 1 aliphatic rings. The van der Waals surface area contributed by atoms with E-state index in [1.165, 1.54) is 0 Å². The number of hydrogen-bond acceptors (Lipinski definition) is 3. The van der Waals surface area contributed by atoms with E-state index < -0.39 is 6.17 Å². The molecule has 0 amide bonds. The predicted octanol–water partition coefficient (Wildman–Crippen LogP) is 1.60. The highest BCUT2D eigenvalue weighted by atomic mass is 19.1. The van der Waals surface area contributed by atoms with Crippen LogP contribution in [0.25, 0.3) is 0 Å². The normalized spacial score (nSPS) is 18.5. The highest BCUT2D eigenvalue weighted by molar-refractivity contribution is 5.48. The summed E-state index contributed by atoms with van der Waals surface area (Å²) < 4.78 is 12.9. The lowest BCUT2D eigenvalue weighted by Gasteiger charge is -2.30. The second kappa shape index (κ2) is 3.82. The highest BCUT2D eigenvalue weighted by Gasteiger charge is 2.18. The van der Waals surface area contributed by atoms with Crippen LogP contribution in [0.2, 0.25) is 0 Å². The minimum absolute atomic E-state index is 0.522. The van der Waals surface area contributed by atoms with Gasteiger partial charge in [-0.2, -0.15) is 0 Å². The van der Waals surface area contributed by atoms with Gasteiger partial charge in [0.05, 0.1) is 11.9 Å². The van der Waals surface area contributed by atoms with Crippen molar-refractivity contribution in [2.75, 3.05) is 23.7 Å². The minimum Gasteiger partial charge on any atom is -0.384 e. The SMILES string of the molecule is Nc1ccc(N2CCC(F)CC2)cn1. The second-order valence-corrected chi connectivity index (χ2v) is 3.60. The second-order valence-electron chi connectivity index (χ2n) is 3.60. The zero-order chi connectivity index (χ0) is 9.97. The van der Waals surface area contributed by atoms with Gasteiger partial charge < -0.3 is 10.6 Å². The molecule has 2 N–H and O–H groups in total. The Morgan fingerprint density at radius 3 is 2.64 bits per heavy atom. The van der Waals surface area contributed by atoms with Crippen LogP contribution in [0.1, 0.15) is 12.8 Å². The van der Waals surface area contributed by atoms with Crippen LogP contribution in [0.5, 0.6) is 0 Å². The zero-order valence-electron chi connectivity index (χ0n) is 7.99. The van der Waals surface area contributed by atoms with E-state index in [2.05, 4.69) is 9.88 Å². The van der Waals surface area contributed by atoms with Crippen molar-refractivity contribution in [3.05, 3.63) is 18.3 Å². The Morgan fingerprint density at radius 1 is 1.36 bits per heavy atom. The quantitative estimate of drug-likeness (QED) is 0.740. The van der Waals surface area contributed by atoms with Crippen molar-refractivity contribution in [2.45, 2.75) is 19.0 Å². The van der Waals surface area contributed by atoms with E-state index >= 15 is 0 Å². The molecular weight excluding hydrogens is 181 g/mol. The summed E-state index contributed by atoms with van der Waals surface area (Å²) in [5.74, 6) is 0.522. The maximum atomic E-state index is 12.9. The highest BCUT2D eigenvalue weighted by Crippen LogP contribution is 2.20. The molecule has 76 valence electrons. The Morgan fingerprint density at radius 2 is 2.07 bits per heavy atom. The molecule has 0 atom stereocenters. The van der Waals surface area contributed by atoms with Crippen molar-refractivity contribution in [1.82, 2.24) is 4.98 Å². The molecule has 1 aliphatic heterocycles. The van der Waals surface area contributed by atoms with Gasteiger partial charge >= 0.3 is 0 Å². The lowest BCUT2D eigenvalue weighted by Crippen LogP contribution is -2.34. The third-order valence-electron chi connectivity index (χ3n) is 2.56. The molecule has 1 saturated heterocycles. The summed E-state index contributed by atoms with van der Waals surface area (Å²) in [6.45, 7) is 1.54. The fraction of sp³-hybridized carbons (Fsp3) is 0.500. The molecule has 14 heavy (non-hydrogen) atoms. The zero-order valence-corrected chi connectivity index (χ0v) is 7.99. The van der Waals surface area contributed by atoms with Gasteiger partial charge in [-0.05, 0) is 25.0 Å². The number of nitrogens with zero attached hydrogens (tertiary/aromatic N) is 2. The van der Waals surface area contributed by atoms with Crippen molar-refractivity contribution in [2.24, 2.45) is 0 Å². The van der Waals surface area contributed by atoms with Gasteiger partial charge in [-0.3, -0.25) is 0 Å². The monoisotopic (exact) mass is 195 g/mol. The Bertz CT molecular complexity index is 291. The molecule has 0 aromatic carbocycles. The van der Waals surface area contributed by atoms with Crippen LogP contribution < -0.4 is 10.6 Å². The van der Waals surface area contributed by atoms with Crippen LogP contribution in [0, 0.1) is 0 Å². The van der Waals surface area contributed by atoms with Gasteiger partial charge in [0, 0.05) is 13.1 Å². The van der Waals surface area contributed by atoms with Crippen molar-refractivity contribution < 1.29 is 4.39 Å². The standard InChI is InChI=1S/C10H14FN3/c11-8-3-5-14(6-4-8)9-1-2-10(12)13-7-9/h1-2,7-8H,3-6H2,(H2,12,13). The van der Waals surface area contributed by atoms with E-state index in [0.29, 0.717) is 18.7 Å². The summed E-state index contributed by atoms with van der Waals surface area (Å²) >= 11 is 0. The van der Waals surface area contributed by atoms with Crippen molar-refractivity contribution >= 4 is 11.5 Å². The number of pyridine rings is 1. The molecule has 1 fully saturated rings. The molecule has 3 nitrogen and oxygen atoms in total. The Kier molecular flexibility index (Phi) is 2.52. The van der Waals surface area contributed by atoms with Crippen LogP contribution in [-0.4, -0.2) is 24.2 Å². The predicted molar refractivity (Wildman–Crippen MR) is 55.0 cm³/mol. The van der Waals surface area contributed by atoms with Gasteiger partial charge in [0.15, 0.2) is 0 Å². The fourth-order valence-corrected chi connectivity index (χ4v) is 1.69. The van der Waals surface area contributed by atoms with Crippen LogP contribution >= 0.6 is 0 Å². The summed E-state index contributed by atoms with van der Waals surface area (Å²) in [6, 6.07) is 3.71. The average molecular weight is 195 g/mol. The van der Waals surface area contributed by atoms with Crippen molar-refractivity contribution in [3.8, 4) is 0 Å². The van der Waals surface area contributed by atoms with Crippen LogP contribution in [0.3, 0.4) is 0 Å². The Balaban J connectivity index is 2.05. The van der Waals surface area contributed by atoms with E-state index in [1.54, 1.807) is 12.3 Å². The average Bonchev–Trinajstić information content (AvgIpc) is 2.21. The van der Waals surface area contributed by atoms with Crippen LogP contribution in [0.15, 0.2) is 18.3 Å². The molecule has 2 heterocycles. The number of halogens is 1. The summed E-state index contributed by atoms with van der Waals surface area (Å²) in [7, 11) is 0. The Hall–Kier alpha value is -1.32. The van der Waals surface area contributed by atoms with E-state index in [0.717, 1.165) is 18.8 Å². The summed E-state index contributed by atoms with van der Waals surface area (Å²) in [5, 5.41) is 0. The molecule has 1 aromatic heterocycles. The maximum Gasteiger partial charge on any atom is 0.123 e. The van der Waals surface area contributed by atoms with Crippen LogP contribution in [-0.2, 0) is 0 Å². The van der Waals surface area contributed by atoms with Crippen molar-refractivity contribution in [1.29, 1.82) is 0 Å². The molecule has 4 heteroatoms. The molecule has 1 aromatic rings. The largest absolute Gasteiger partial charge is 0.384 e. The lowest BCUT2D eigenvalue weighted by molar-refractivity contribution is 0.277. The molecule has 0 saturated carbocycles. The molecule has 0 spiro atoms. The number of hydrogen-bond donors (Lipinski definition) is 1. The first-order valence-corrected chi connectivity index (χ1v) is 4.86. The molecular formula is C10H14FN3. The first-order chi connectivity index (χ1) is 6.75. The minimum atomic E-state index is -0.631. The van der Waals surface area contributed by atoms with Gasteiger partial charge in [0.25, 0.3) is 0 Å². The number of aromatic nitrogens is 1. The molecule has 0 radical (unpaired) electrons. The summed E-state index contributed by atoms with van der Waals surface area (Å²) in [5.41, 5.74) is 6.52. The number of anilines is 2. The number of alkyl halides is 1. The number of nitrogen functional groups attached to an aromatic ring is 1. The fourth-order valence-electron chi connectivity index (χ4n) is 1.69. The van der Waals surface area contributed by atoms with E-state index in [1.807, 2.05) is 6.07 Å². The van der Waals surface area contributed by atoms with Gasteiger partial charge in [-0.1, -0.05) is 0 Å². The molecule has 2 rings (SSSR count). The first kappa shape index (κ1) is 9.24. The number of piperidine rings is 1. The molecule has 0 bridgehead atoms. The van der Waals surface area contributed by atoms with E-state index in [-0.39, 0.29) is 0 Å². The summed E-state index contributed by atoms with van der Waals surface area (Å²) in [4.78, 5) is 6.16. The third-order valence-corrected chi connectivity index (χ3v) is 2.56. The van der Waals surface area contributed by atoms with Gasteiger partial charge in [-0.15, -0.1) is 0 Å². The van der Waals surface area contributed by atoms with E-state index in [9.17, 15) is 4.39 Å². The third kappa shape index (κ3) is 1.95. The topological polar surface area (TPSA) is 42.1 Å². The van der Waals surface area contributed by atoms with Crippen molar-refractivity contribution in [3.63, 3.8) is 0 Å². The first-order valence-electron chi connectivity index (χ1n) is 4.86.